The van der Waals surface area contributed by atoms with Gasteiger partial charge in [-0.25, -0.2) is 0 Å². The molecule has 0 unspecified atom stereocenters. The first-order chi connectivity index (χ1) is 9.16. The van der Waals surface area contributed by atoms with Crippen molar-refractivity contribution in [2.75, 3.05) is 11.9 Å². The number of nitrogens with one attached hydrogen (secondary N) is 1. The molecular weight excluding hydrogens is 238 g/mol. The van der Waals surface area contributed by atoms with E-state index in [1.54, 1.807) is 36.4 Å². The zero-order chi connectivity index (χ0) is 13.7. The van der Waals surface area contributed by atoms with E-state index in [1.165, 1.54) is 6.92 Å². The van der Waals surface area contributed by atoms with Crippen LogP contribution in [0.15, 0.2) is 54.6 Å². The molecule has 3 nitrogen and oxygen atoms in total. The lowest BCUT2D eigenvalue weighted by Gasteiger charge is -2.06. The van der Waals surface area contributed by atoms with Crippen molar-refractivity contribution >= 4 is 17.3 Å². The number of hydrogen-bond acceptors (Lipinski definition) is 3. The van der Waals surface area contributed by atoms with Crippen LogP contribution < -0.4 is 5.32 Å². The summed E-state index contributed by atoms with van der Waals surface area (Å²) in [6.45, 7) is 1.77. The van der Waals surface area contributed by atoms with E-state index >= 15 is 0 Å². The van der Waals surface area contributed by atoms with Crippen LogP contribution in [0, 0.1) is 0 Å². The lowest BCUT2D eigenvalue weighted by atomic mass is 10.1. The van der Waals surface area contributed by atoms with Gasteiger partial charge in [0.15, 0.2) is 11.6 Å². The minimum absolute atomic E-state index is 0.0342. The first-order valence-electron chi connectivity index (χ1n) is 6.10. The number of carbonyl (C=O) groups excluding carboxylic acids is 2. The van der Waals surface area contributed by atoms with Gasteiger partial charge in [0.05, 0.1) is 6.54 Å². The molecule has 0 atom stereocenters. The molecule has 0 saturated carbocycles. The summed E-state index contributed by atoms with van der Waals surface area (Å²) >= 11 is 0. The third kappa shape index (κ3) is 3.52. The lowest BCUT2D eigenvalue weighted by Crippen LogP contribution is -2.13. The van der Waals surface area contributed by atoms with Crippen molar-refractivity contribution in [2.24, 2.45) is 0 Å². The second kappa shape index (κ2) is 5.96. The zero-order valence-electron chi connectivity index (χ0n) is 10.7. The van der Waals surface area contributed by atoms with Gasteiger partial charge in [-0.1, -0.05) is 30.3 Å². The second-order valence-electron chi connectivity index (χ2n) is 4.28. The Bertz CT molecular complexity index is 573. The van der Waals surface area contributed by atoms with Crippen molar-refractivity contribution in [3.05, 3.63) is 65.7 Å². The largest absolute Gasteiger partial charge is 0.378 e. The van der Waals surface area contributed by atoms with Crippen LogP contribution in [0.1, 0.15) is 27.6 Å². The first kappa shape index (κ1) is 13.0. The van der Waals surface area contributed by atoms with Crippen molar-refractivity contribution in [1.82, 2.24) is 0 Å². The van der Waals surface area contributed by atoms with E-state index in [4.69, 9.17) is 0 Å². The number of rotatable bonds is 5. The highest BCUT2D eigenvalue weighted by atomic mass is 16.1. The average Bonchev–Trinajstić information content (AvgIpc) is 2.46. The molecule has 0 aliphatic carbocycles. The summed E-state index contributed by atoms with van der Waals surface area (Å²) in [5, 5.41) is 3.05. The van der Waals surface area contributed by atoms with Crippen LogP contribution in [-0.2, 0) is 0 Å². The normalized spacial score (nSPS) is 9.95. The van der Waals surface area contributed by atoms with Crippen LogP contribution in [0.4, 0.5) is 5.69 Å². The van der Waals surface area contributed by atoms with Gasteiger partial charge in [-0.15, -0.1) is 0 Å². The molecule has 0 saturated heterocycles. The Kier molecular flexibility index (Phi) is 4.08. The summed E-state index contributed by atoms with van der Waals surface area (Å²) in [4.78, 5) is 23.0. The number of Topliss-reactive ketones (excluding diaryl/α,β-unsaturated/α-hetero) is 2. The van der Waals surface area contributed by atoms with Crippen molar-refractivity contribution in [2.45, 2.75) is 6.92 Å². The molecule has 2 aromatic carbocycles. The maximum atomic E-state index is 11.9. The Hall–Kier alpha value is -2.42. The number of benzene rings is 2. The molecule has 19 heavy (non-hydrogen) atoms. The highest BCUT2D eigenvalue weighted by Crippen LogP contribution is 2.10. The minimum Gasteiger partial charge on any atom is -0.378 e. The van der Waals surface area contributed by atoms with Crippen molar-refractivity contribution in [3.8, 4) is 0 Å². The molecule has 2 aromatic rings. The van der Waals surface area contributed by atoms with Gasteiger partial charge in [-0.2, -0.15) is 0 Å². The van der Waals surface area contributed by atoms with E-state index < -0.39 is 0 Å². The minimum atomic E-state index is 0.0342. The Morgan fingerprint density at radius 3 is 2.11 bits per heavy atom. The molecular formula is C16H15NO2. The highest BCUT2D eigenvalue weighted by molar-refractivity contribution is 5.99. The van der Waals surface area contributed by atoms with Crippen LogP contribution in [0.5, 0.6) is 0 Å². The predicted octanol–water partition coefficient (Wildman–Crippen LogP) is 3.18. The van der Waals surface area contributed by atoms with Gasteiger partial charge >= 0.3 is 0 Å². The van der Waals surface area contributed by atoms with E-state index in [9.17, 15) is 9.59 Å². The summed E-state index contributed by atoms with van der Waals surface area (Å²) in [5.74, 6) is 0.0724. The van der Waals surface area contributed by atoms with Crippen LogP contribution in [0.3, 0.4) is 0 Å². The lowest BCUT2D eigenvalue weighted by molar-refractivity contribution is 0.100. The molecule has 0 aromatic heterocycles. The fourth-order valence-corrected chi connectivity index (χ4v) is 1.73. The van der Waals surface area contributed by atoms with Crippen molar-refractivity contribution < 1.29 is 9.59 Å². The average molecular weight is 253 g/mol. The molecule has 2 rings (SSSR count). The fourth-order valence-electron chi connectivity index (χ4n) is 1.73. The first-order valence-corrected chi connectivity index (χ1v) is 6.10. The molecule has 0 bridgehead atoms. The fraction of sp³-hybridized carbons (Fsp3) is 0.125. The number of hydrogen-bond donors (Lipinski definition) is 1. The molecule has 96 valence electrons. The van der Waals surface area contributed by atoms with Gasteiger partial charge in [0, 0.05) is 16.8 Å². The van der Waals surface area contributed by atoms with Gasteiger partial charge in [-0.05, 0) is 31.2 Å². The number of anilines is 1. The Morgan fingerprint density at radius 1 is 0.895 bits per heavy atom. The van der Waals surface area contributed by atoms with E-state index in [0.717, 1.165) is 5.69 Å². The predicted molar refractivity (Wildman–Crippen MR) is 75.7 cm³/mol. The third-order valence-electron chi connectivity index (χ3n) is 2.84. The quantitative estimate of drug-likeness (QED) is 0.832. The highest BCUT2D eigenvalue weighted by Gasteiger charge is 2.04. The molecule has 0 aliphatic rings. The SMILES string of the molecule is CC(=O)c1ccc(NCC(=O)c2ccccc2)cc1. The topological polar surface area (TPSA) is 46.2 Å². The van der Waals surface area contributed by atoms with Gasteiger partial charge in [0.1, 0.15) is 0 Å². The molecule has 0 heterocycles. The molecule has 0 radical (unpaired) electrons. The zero-order valence-corrected chi connectivity index (χ0v) is 10.7. The summed E-state index contributed by atoms with van der Waals surface area (Å²) in [7, 11) is 0. The van der Waals surface area contributed by atoms with E-state index in [1.807, 2.05) is 18.2 Å². The van der Waals surface area contributed by atoms with Crippen LogP contribution >= 0.6 is 0 Å². The van der Waals surface area contributed by atoms with Gasteiger partial charge in [-0.3, -0.25) is 9.59 Å². The van der Waals surface area contributed by atoms with Crippen LogP contribution in [-0.4, -0.2) is 18.1 Å². The Labute approximate surface area is 112 Å². The molecule has 0 aliphatic heterocycles. The maximum Gasteiger partial charge on any atom is 0.181 e. The number of carbonyl (C=O) groups is 2. The Balaban J connectivity index is 1.95. The number of ketones is 2. The molecule has 0 spiro atoms. The van der Waals surface area contributed by atoms with E-state index in [0.29, 0.717) is 11.1 Å². The summed E-state index contributed by atoms with van der Waals surface area (Å²) < 4.78 is 0. The molecule has 0 fully saturated rings. The van der Waals surface area contributed by atoms with Gasteiger partial charge in [0.2, 0.25) is 0 Å². The Morgan fingerprint density at radius 2 is 1.53 bits per heavy atom. The molecule has 1 N–H and O–H groups in total. The van der Waals surface area contributed by atoms with Gasteiger partial charge in [0.25, 0.3) is 0 Å². The van der Waals surface area contributed by atoms with E-state index in [-0.39, 0.29) is 18.1 Å². The summed E-state index contributed by atoms with van der Waals surface area (Å²) in [6, 6.07) is 16.2. The molecule has 3 heteroatoms. The second-order valence-corrected chi connectivity index (χ2v) is 4.28. The summed E-state index contributed by atoms with van der Waals surface area (Å²) in [6.07, 6.45) is 0. The maximum absolute atomic E-state index is 11.9. The smallest absolute Gasteiger partial charge is 0.181 e. The molecule has 0 amide bonds. The van der Waals surface area contributed by atoms with Crippen molar-refractivity contribution in [3.63, 3.8) is 0 Å². The van der Waals surface area contributed by atoms with Crippen molar-refractivity contribution in [1.29, 1.82) is 0 Å². The standard InChI is InChI=1S/C16H15NO2/c1-12(18)13-7-9-15(10-8-13)17-11-16(19)14-5-3-2-4-6-14/h2-10,17H,11H2,1H3. The monoisotopic (exact) mass is 253 g/mol. The van der Waals surface area contributed by atoms with Gasteiger partial charge < -0.3 is 5.32 Å². The van der Waals surface area contributed by atoms with E-state index in [2.05, 4.69) is 5.32 Å². The van der Waals surface area contributed by atoms with Crippen LogP contribution in [0.25, 0.3) is 0 Å². The third-order valence-corrected chi connectivity index (χ3v) is 2.84. The van der Waals surface area contributed by atoms with Crippen LogP contribution in [0.2, 0.25) is 0 Å². The summed E-state index contributed by atoms with van der Waals surface area (Å²) in [5.41, 5.74) is 2.18.